The van der Waals surface area contributed by atoms with Crippen LogP contribution >= 0.6 is 11.3 Å². The standard InChI is InChI=1S/C22H29N5O3S/c1-5-22(2,3)23-21(29)20(18-11-8-14-31-18)26(12-13-30-4)19(28)15-27-17-10-7-6-9-16(17)24-25-27/h6-11,14,20H,5,12-13,15H2,1-4H3,(H,23,29)/t20-/m1/s1. The van der Waals surface area contributed by atoms with Crippen molar-refractivity contribution in [3.05, 3.63) is 46.7 Å². The van der Waals surface area contributed by atoms with Crippen LogP contribution in [0.2, 0.25) is 0 Å². The lowest BCUT2D eigenvalue weighted by atomic mass is 10.0. The molecule has 0 aliphatic heterocycles. The van der Waals surface area contributed by atoms with Crippen LogP contribution < -0.4 is 5.32 Å². The van der Waals surface area contributed by atoms with Crippen molar-refractivity contribution in [3.63, 3.8) is 0 Å². The van der Waals surface area contributed by atoms with Crippen molar-refractivity contribution in [2.75, 3.05) is 20.3 Å². The van der Waals surface area contributed by atoms with E-state index in [0.717, 1.165) is 22.3 Å². The summed E-state index contributed by atoms with van der Waals surface area (Å²) >= 11 is 1.45. The van der Waals surface area contributed by atoms with Crippen molar-refractivity contribution < 1.29 is 14.3 Å². The van der Waals surface area contributed by atoms with Crippen LogP contribution in [0.1, 0.15) is 38.1 Å². The Labute approximate surface area is 186 Å². The van der Waals surface area contributed by atoms with Gasteiger partial charge in [-0.2, -0.15) is 0 Å². The van der Waals surface area contributed by atoms with Gasteiger partial charge in [-0.1, -0.05) is 30.3 Å². The summed E-state index contributed by atoms with van der Waals surface area (Å²) in [5.74, 6) is -0.433. The van der Waals surface area contributed by atoms with Crippen molar-refractivity contribution in [1.29, 1.82) is 0 Å². The molecule has 0 aliphatic carbocycles. The minimum atomic E-state index is -0.747. The van der Waals surface area contributed by atoms with E-state index < -0.39 is 6.04 Å². The number of benzene rings is 1. The van der Waals surface area contributed by atoms with Crippen molar-refractivity contribution in [2.24, 2.45) is 0 Å². The summed E-state index contributed by atoms with van der Waals surface area (Å²) in [4.78, 5) is 29.2. The van der Waals surface area contributed by atoms with E-state index in [0.29, 0.717) is 6.61 Å². The van der Waals surface area contributed by atoms with E-state index in [2.05, 4.69) is 15.6 Å². The molecule has 1 atom stereocenters. The molecule has 0 spiro atoms. The first-order valence-electron chi connectivity index (χ1n) is 10.3. The highest BCUT2D eigenvalue weighted by Gasteiger charge is 2.34. The Kier molecular flexibility index (Phi) is 7.40. The van der Waals surface area contributed by atoms with Gasteiger partial charge in [0, 0.05) is 24.1 Å². The van der Waals surface area contributed by atoms with Crippen LogP contribution in [0.3, 0.4) is 0 Å². The summed E-state index contributed by atoms with van der Waals surface area (Å²) in [6, 6.07) is 10.5. The highest BCUT2D eigenvalue weighted by Crippen LogP contribution is 2.27. The fraction of sp³-hybridized carbons (Fsp3) is 0.455. The van der Waals surface area contributed by atoms with E-state index in [9.17, 15) is 9.59 Å². The first kappa shape index (κ1) is 22.9. The summed E-state index contributed by atoms with van der Waals surface area (Å²) in [7, 11) is 1.58. The summed E-state index contributed by atoms with van der Waals surface area (Å²) in [6.45, 7) is 6.54. The van der Waals surface area contributed by atoms with Gasteiger partial charge >= 0.3 is 0 Å². The van der Waals surface area contributed by atoms with Gasteiger partial charge in [-0.3, -0.25) is 9.59 Å². The Hall–Kier alpha value is -2.78. The van der Waals surface area contributed by atoms with Crippen molar-refractivity contribution in [3.8, 4) is 0 Å². The zero-order valence-electron chi connectivity index (χ0n) is 18.4. The van der Waals surface area contributed by atoms with Gasteiger partial charge in [-0.15, -0.1) is 16.4 Å². The van der Waals surface area contributed by atoms with Gasteiger partial charge in [0.15, 0.2) is 0 Å². The molecule has 2 heterocycles. The minimum Gasteiger partial charge on any atom is -0.383 e. The highest BCUT2D eigenvalue weighted by atomic mass is 32.1. The maximum atomic E-state index is 13.4. The lowest BCUT2D eigenvalue weighted by Crippen LogP contribution is -2.51. The number of aromatic nitrogens is 3. The lowest BCUT2D eigenvalue weighted by Gasteiger charge is -2.33. The predicted octanol–water partition coefficient (Wildman–Crippen LogP) is 3.01. The number of methoxy groups -OCH3 is 1. The molecular formula is C22H29N5O3S. The maximum Gasteiger partial charge on any atom is 0.248 e. The molecule has 2 aromatic heterocycles. The number of para-hydroxylation sites is 1. The van der Waals surface area contributed by atoms with Crippen LogP contribution in [0.5, 0.6) is 0 Å². The van der Waals surface area contributed by atoms with E-state index >= 15 is 0 Å². The fourth-order valence-electron chi connectivity index (χ4n) is 3.20. The summed E-state index contributed by atoms with van der Waals surface area (Å²) in [6.07, 6.45) is 0.771. The number of hydrogen-bond acceptors (Lipinski definition) is 6. The molecule has 166 valence electrons. The lowest BCUT2D eigenvalue weighted by molar-refractivity contribution is -0.142. The fourth-order valence-corrected chi connectivity index (χ4v) is 4.04. The molecule has 0 aliphatic rings. The van der Waals surface area contributed by atoms with Crippen LogP contribution in [-0.2, 0) is 20.9 Å². The molecule has 9 heteroatoms. The molecule has 8 nitrogen and oxygen atoms in total. The van der Waals surface area contributed by atoms with Gasteiger partial charge in [-0.25, -0.2) is 4.68 Å². The highest BCUT2D eigenvalue weighted by molar-refractivity contribution is 7.10. The van der Waals surface area contributed by atoms with Crippen LogP contribution in [-0.4, -0.2) is 57.5 Å². The normalized spacial score (nSPS) is 12.6. The van der Waals surface area contributed by atoms with Crippen LogP contribution in [0.25, 0.3) is 11.0 Å². The number of hydrogen-bond donors (Lipinski definition) is 1. The van der Waals surface area contributed by atoms with Crippen molar-refractivity contribution >= 4 is 34.2 Å². The number of carbonyl (C=O) groups excluding carboxylic acids is 2. The Morgan fingerprint density at radius 1 is 1.26 bits per heavy atom. The third-order valence-corrected chi connectivity index (χ3v) is 6.20. The third kappa shape index (κ3) is 5.48. The van der Waals surface area contributed by atoms with Gasteiger partial charge in [-0.05, 0) is 43.8 Å². The number of amides is 2. The van der Waals surface area contributed by atoms with Gasteiger partial charge in [0.05, 0.1) is 12.1 Å². The first-order chi connectivity index (χ1) is 14.9. The van der Waals surface area contributed by atoms with E-state index in [1.807, 2.05) is 62.5 Å². The molecule has 3 aromatic rings. The SMILES string of the molecule is CCC(C)(C)NC(=O)[C@@H](c1cccs1)N(CCOC)C(=O)Cn1nnc2ccccc21. The third-order valence-electron chi connectivity index (χ3n) is 5.28. The van der Waals surface area contributed by atoms with Gasteiger partial charge in [0.1, 0.15) is 18.1 Å². The quantitative estimate of drug-likeness (QED) is 0.520. The number of thiophene rings is 1. The second-order valence-electron chi connectivity index (χ2n) is 7.96. The molecule has 0 bridgehead atoms. The number of nitrogens with one attached hydrogen (secondary N) is 1. The summed E-state index contributed by atoms with van der Waals surface area (Å²) in [5.41, 5.74) is 1.10. The molecule has 1 N–H and O–H groups in total. The van der Waals surface area contributed by atoms with E-state index in [4.69, 9.17) is 4.74 Å². The Morgan fingerprint density at radius 2 is 2.03 bits per heavy atom. The summed E-state index contributed by atoms with van der Waals surface area (Å²) < 4.78 is 6.81. The Bertz CT molecular complexity index is 1020. The largest absolute Gasteiger partial charge is 0.383 e. The Balaban J connectivity index is 1.92. The topological polar surface area (TPSA) is 89.4 Å². The number of fused-ring (bicyclic) bond motifs is 1. The van der Waals surface area contributed by atoms with Crippen LogP contribution in [0, 0.1) is 0 Å². The minimum absolute atomic E-state index is 0.0173. The van der Waals surface area contributed by atoms with E-state index in [1.54, 1.807) is 16.7 Å². The van der Waals surface area contributed by atoms with Crippen molar-refractivity contribution in [1.82, 2.24) is 25.2 Å². The molecule has 1 aromatic carbocycles. The molecule has 3 rings (SSSR count). The number of rotatable bonds is 10. The first-order valence-corrected chi connectivity index (χ1v) is 11.2. The molecule has 0 saturated carbocycles. The number of carbonyl (C=O) groups is 2. The summed E-state index contributed by atoms with van der Waals surface area (Å²) in [5, 5.41) is 13.3. The number of ether oxygens (including phenoxy) is 1. The number of nitrogens with zero attached hydrogens (tertiary/aromatic N) is 4. The van der Waals surface area contributed by atoms with Crippen molar-refractivity contribution in [2.45, 2.75) is 45.3 Å². The second-order valence-corrected chi connectivity index (χ2v) is 8.94. The van der Waals surface area contributed by atoms with E-state index in [1.165, 1.54) is 11.3 Å². The van der Waals surface area contributed by atoms with Gasteiger partial charge < -0.3 is 15.0 Å². The van der Waals surface area contributed by atoms with Crippen LogP contribution in [0.15, 0.2) is 41.8 Å². The van der Waals surface area contributed by atoms with E-state index in [-0.39, 0.29) is 30.4 Å². The molecule has 31 heavy (non-hydrogen) atoms. The van der Waals surface area contributed by atoms with Gasteiger partial charge in [0.25, 0.3) is 0 Å². The molecule has 2 amide bonds. The monoisotopic (exact) mass is 443 g/mol. The Morgan fingerprint density at radius 3 is 2.71 bits per heavy atom. The second kappa shape index (κ2) is 10.0. The van der Waals surface area contributed by atoms with Gasteiger partial charge in [0.2, 0.25) is 11.8 Å². The molecular weight excluding hydrogens is 414 g/mol. The average molecular weight is 444 g/mol. The smallest absolute Gasteiger partial charge is 0.248 e. The maximum absolute atomic E-state index is 13.4. The molecule has 0 radical (unpaired) electrons. The zero-order chi connectivity index (χ0) is 22.4. The van der Waals surface area contributed by atoms with Crippen LogP contribution in [0.4, 0.5) is 0 Å². The molecule has 0 saturated heterocycles. The molecule has 0 unspecified atom stereocenters. The molecule has 0 fully saturated rings. The zero-order valence-corrected chi connectivity index (χ0v) is 19.2. The average Bonchev–Trinajstić information content (AvgIpc) is 3.41. The predicted molar refractivity (Wildman–Crippen MR) is 121 cm³/mol.